The number of amides is 1. The molecule has 1 aromatic rings. The van der Waals surface area contributed by atoms with Crippen LogP contribution in [0.3, 0.4) is 0 Å². The average molecular weight is 432 g/mol. The summed E-state index contributed by atoms with van der Waals surface area (Å²) >= 11 is 4.71. The number of hydrogen-bond donors (Lipinski definition) is 2. The lowest BCUT2D eigenvalue weighted by Crippen LogP contribution is -2.47. The first kappa shape index (κ1) is 19.8. The maximum atomic E-state index is 12.2. The molecule has 4 N–H and O–H groups in total. The molecule has 1 aliphatic heterocycles. The molecule has 1 amide bonds. The molecule has 0 bridgehead atoms. The van der Waals surface area contributed by atoms with Crippen molar-refractivity contribution in [2.75, 3.05) is 30.8 Å². The highest BCUT2D eigenvalue weighted by atomic mass is 79.9. The van der Waals surface area contributed by atoms with E-state index in [1.54, 1.807) is 11.0 Å². The molecule has 0 radical (unpaired) electrons. The number of carbonyl (C=O) groups is 1. The number of piperidine rings is 1. The van der Waals surface area contributed by atoms with Crippen LogP contribution in [0, 0.1) is 0 Å². The first-order chi connectivity index (χ1) is 11.6. The molecule has 0 unspecified atom stereocenters. The van der Waals surface area contributed by atoms with Crippen LogP contribution in [0.15, 0.2) is 4.61 Å². The molecule has 7 nitrogen and oxygen atoms in total. The van der Waals surface area contributed by atoms with E-state index in [0.29, 0.717) is 29.6 Å². The average Bonchev–Trinajstić information content (AvgIpc) is 2.85. The van der Waals surface area contributed by atoms with Crippen molar-refractivity contribution in [1.29, 1.82) is 0 Å². The fourth-order valence-corrected chi connectivity index (χ4v) is 3.98. The van der Waals surface area contributed by atoms with Crippen molar-refractivity contribution in [3.05, 3.63) is 9.48 Å². The third kappa shape index (κ3) is 5.50. The minimum Gasteiger partial charge on any atom is -0.444 e. The van der Waals surface area contributed by atoms with Gasteiger partial charge in [0.25, 0.3) is 0 Å². The number of nitrogens with zero attached hydrogens (tertiary/aromatic N) is 3. The van der Waals surface area contributed by atoms with Crippen molar-refractivity contribution in [2.45, 2.75) is 45.3 Å². The number of nitrogen functional groups attached to an aromatic ring is 1. The second-order valence-corrected chi connectivity index (χ2v) is 9.01. The smallest absolute Gasteiger partial charge is 0.410 e. The van der Waals surface area contributed by atoms with Gasteiger partial charge in [-0.25, -0.2) is 9.78 Å². The lowest BCUT2D eigenvalue weighted by molar-refractivity contribution is 0.0205. The zero-order chi connectivity index (χ0) is 18.8. The quantitative estimate of drug-likeness (QED) is 0.712. The Hall–Kier alpha value is -1.48. The zero-order valence-corrected chi connectivity index (χ0v) is 17.5. The van der Waals surface area contributed by atoms with Gasteiger partial charge in [-0.05, 0) is 55.6 Å². The van der Waals surface area contributed by atoms with Gasteiger partial charge in [0.2, 0.25) is 0 Å². The highest BCUT2D eigenvalue weighted by Gasteiger charge is 2.29. The van der Waals surface area contributed by atoms with Gasteiger partial charge in [-0.2, -0.15) is 0 Å². The number of thiazole rings is 1. The van der Waals surface area contributed by atoms with Crippen LogP contribution in [-0.2, 0) is 4.74 Å². The van der Waals surface area contributed by atoms with Crippen molar-refractivity contribution < 1.29 is 9.53 Å². The van der Waals surface area contributed by atoms with Crippen molar-refractivity contribution in [3.8, 4) is 0 Å². The Kier molecular flexibility index (Phi) is 6.21. The minimum absolute atomic E-state index is 0.243. The number of likely N-dealkylation sites (tertiary alicyclic amines) is 1. The van der Waals surface area contributed by atoms with Gasteiger partial charge in [0, 0.05) is 26.2 Å². The predicted molar refractivity (Wildman–Crippen MR) is 107 cm³/mol. The van der Waals surface area contributed by atoms with E-state index in [-0.39, 0.29) is 6.09 Å². The maximum absolute atomic E-state index is 12.2. The first-order valence-corrected chi connectivity index (χ1v) is 9.77. The van der Waals surface area contributed by atoms with E-state index < -0.39 is 5.60 Å². The van der Waals surface area contributed by atoms with E-state index in [1.165, 1.54) is 11.3 Å². The summed E-state index contributed by atoms with van der Waals surface area (Å²) in [6, 6.07) is 0.308. The van der Waals surface area contributed by atoms with Gasteiger partial charge in [0.05, 0.1) is 9.48 Å². The molecular formula is C16H26BrN5O2S. The fourth-order valence-electron chi connectivity index (χ4n) is 2.63. The molecule has 2 heterocycles. The van der Waals surface area contributed by atoms with E-state index in [1.807, 2.05) is 27.8 Å². The highest BCUT2D eigenvalue weighted by molar-refractivity contribution is 9.11. The Balaban J connectivity index is 1.96. The van der Waals surface area contributed by atoms with Gasteiger partial charge >= 0.3 is 6.09 Å². The molecule has 1 aliphatic rings. The molecular weight excluding hydrogens is 406 g/mol. The SMILES string of the molecule is CN(c1nc(N)c(/C=C(\N)Br)s1)C1CCN(C(=O)OC(C)(C)C)CC1. The molecule has 1 aromatic heterocycles. The van der Waals surface area contributed by atoms with E-state index >= 15 is 0 Å². The van der Waals surface area contributed by atoms with Gasteiger partial charge in [-0.1, -0.05) is 11.3 Å². The minimum atomic E-state index is -0.468. The van der Waals surface area contributed by atoms with E-state index in [4.69, 9.17) is 16.2 Å². The summed E-state index contributed by atoms with van der Waals surface area (Å²) in [5, 5.41) is 0.855. The first-order valence-electron chi connectivity index (χ1n) is 8.16. The van der Waals surface area contributed by atoms with Crippen LogP contribution >= 0.6 is 27.3 Å². The zero-order valence-electron chi connectivity index (χ0n) is 15.1. The molecule has 0 saturated carbocycles. The van der Waals surface area contributed by atoms with E-state index in [2.05, 4.69) is 25.8 Å². The van der Waals surface area contributed by atoms with Gasteiger partial charge in [-0.3, -0.25) is 0 Å². The van der Waals surface area contributed by atoms with Crippen LogP contribution in [0.1, 0.15) is 38.5 Å². The Bertz CT molecular complexity index is 643. The summed E-state index contributed by atoms with van der Waals surface area (Å²) < 4.78 is 5.95. The normalized spacial score (nSPS) is 16.8. The molecule has 0 atom stereocenters. The van der Waals surface area contributed by atoms with Gasteiger partial charge in [0.15, 0.2) is 5.13 Å². The Morgan fingerprint density at radius 1 is 1.44 bits per heavy atom. The number of nitrogens with two attached hydrogens (primary N) is 2. The second kappa shape index (κ2) is 7.82. The third-order valence-corrected chi connectivity index (χ3v) is 5.24. The molecule has 25 heavy (non-hydrogen) atoms. The molecule has 1 fully saturated rings. The summed E-state index contributed by atoms with van der Waals surface area (Å²) in [4.78, 5) is 21.3. The predicted octanol–water partition coefficient (Wildman–Crippen LogP) is 3.21. The lowest BCUT2D eigenvalue weighted by Gasteiger charge is -2.37. The van der Waals surface area contributed by atoms with Crippen molar-refractivity contribution in [1.82, 2.24) is 9.88 Å². The lowest BCUT2D eigenvalue weighted by atomic mass is 10.0. The Morgan fingerprint density at radius 3 is 2.56 bits per heavy atom. The number of hydrogen-bond acceptors (Lipinski definition) is 7. The molecule has 0 aliphatic carbocycles. The van der Waals surface area contributed by atoms with E-state index in [9.17, 15) is 4.79 Å². The van der Waals surface area contributed by atoms with Gasteiger partial charge < -0.3 is 26.0 Å². The van der Waals surface area contributed by atoms with Crippen LogP contribution in [0.2, 0.25) is 0 Å². The standard InChI is InChI=1S/C16H26BrN5O2S/c1-16(2,3)24-15(23)22-7-5-10(6-8-22)21(4)14-20-13(19)11(25-14)9-12(17)18/h9-10H,5-8,18-19H2,1-4H3/b12-9-. The largest absolute Gasteiger partial charge is 0.444 e. The summed E-state index contributed by atoms with van der Waals surface area (Å²) in [5.74, 6) is 0.473. The number of carbonyl (C=O) groups excluding carboxylic acids is 1. The molecule has 140 valence electrons. The van der Waals surface area contributed by atoms with Crippen LogP contribution in [0.5, 0.6) is 0 Å². The molecule has 2 rings (SSSR count). The van der Waals surface area contributed by atoms with Crippen LogP contribution in [0.25, 0.3) is 6.08 Å². The van der Waals surface area contributed by atoms with Gasteiger partial charge in [0.1, 0.15) is 11.4 Å². The number of aromatic nitrogens is 1. The maximum Gasteiger partial charge on any atom is 0.410 e. The van der Waals surface area contributed by atoms with Crippen LogP contribution in [-0.4, -0.2) is 47.8 Å². The summed E-state index contributed by atoms with van der Waals surface area (Å²) in [6.45, 7) is 6.98. The monoisotopic (exact) mass is 431 g/mol. The second-order valence-electron chi connectivity index (χ2n) is 7.08. The summed E-state index contributed by atoms with van der Waals surface area (Å²) in [6.07, 6.45) is 3.24. The Morgan fingerprint density at radius 2 is 2.04 bits per heavy atom. The summed E-state index contributed by atoms with van der Waals surface area (Å²) in [5.41, 5.74) is 11.1. The Labute approximate surface area is 161 Å². The fraction of sp³-hybridized carbons (Fsp3) is 0.625. The topological polar surface area (TPSA) is 97.7 Å². The number of halogens is 1. The number of ether oxygens (including phenoxy) is 1. The van der Waals surface area contributed by atoms with Crippen molar-refractivity contribution >= 4 is 50.4 Å². The van der Waals surface area contributed by atoms with E-state index in [0.717, 1.165) is 22.9 Å². The van der Waals surface area contributed by atoms with Crippen LogP contribution < -0.4 is 16.4 Å². The van der Waals surface area contributed by atoms with Crippen LogP contribution in [0.4, 0.5) is 15.7 Å². The molecule has 1 saturated heterocycles. The van der Waals surface area contributed by atoms with Crippen molar-refractivity contribution in [3.63, 3.8) is 0 Å². The number of anilines is 2. The van der Waals surface area contributed by atoms with Crippen molar-refractivity contribution in [2.24, 2.45) is 5.73 Å². The molecule has 0 spiro atoms. The summed E-state index contributed by atoms with van der Waals surface area (Å²) in [7, 11) is 2.01. The number of rotatable bonds is 3. The highest BCUT2D eigenvalue weighted by Crippen LogP contribution is 2.32. The van der Waals surface area contributed by atoms with Gasteiger partial charge in [-0.15, -0.1) is 0 Å². The molecule has 9 heteroatoms. The molecule has 0 aromatic carbocycles. The third-order valence-electron chi connectivity index (χ3n) is 3.90.